The van der Waals surface area contributed by atoms with E-state index >= 15 is 0 Å². The average molecular weight is 368 g/mol. The lowest BCUT2D eigenvalue weighted by atomic mass is 9.97. The third kappa shape index (κ3) is 3.66. The summed E-state index contributed by atoms with van der Waals surface area (Å²) in [6, 6.07) is 10.0. The molecule has 3 aliphatic rings. The fourth-order valence-electron chi connectivity index (χ4n) is 5.81. The van der Waals surface area contributed by atoms with Gasteiger partial charge >= 0.3 is 0 Å². The molecule has 0 spiro atoms. The molecule has 1 aromatic carbocycles. The SMILES string of the molecule is C[C@H](CN1C2CCC1CC(OC1CCCC1)C2)Cn1ncc2ccccc21. The minimum atomic E-state index is 0.521. The predicted molar refractivity (Wildman–Crippen MR) is 109 cm³/mol. The van der Waals surface area contributed by atoms with Gasteiger partial charge in [-0.25, -0.2) is 0 Å². The zero-order valence-corrected chi connectivity index (χ0v) is 16.6. The van der Waals surface area contributed by atoms with Crippen LogP contribution in [0.3, 0.4) is 0 Å². The largest absolute Gasteiger partial charge is 0.375 e. The van der Waals surface area contributed by atoms with E-state index in [1.807, 2.05) is 6.20 Å². The first-order chi connectivity index (χ1) is 13.3. The number of piperidine rings is 1. The van der Waals surface area contributed by atoms with Gasteiger partial charge in [-0.1, -0.05) is 38.0 Å². The lowest BCUT2D eigenvalue weighted by Crippen LogP contribution is -2.48. The van der Waals surface area contributed by atoms with Crippen molar-refractivity contribution in [3.8, 4) is 0 Å². The van der Waals surface area contributed by atoms with Gasteiger partial charge in [-0.05, 0) is 50.5 Å². The molecule has 2 aliphatic heterocycles. The van der Waals surface area contributed by atoms with Crippen molar-refractivity contribution < 1.29 is 4.74 Å². The molecule has 2 saturated heterocycles. The molecule has 0 N–H and O–H groups in total. The highest BCUT2D eigenvalue weighted by Crippen LogP contribution is 2.39. The van der Waals surface area contributed by atoms with Crippen molar-refractivity contribution in [3.05, 3.63) is 30.5 Å². The first-order valence-electron chi connectivity index (χ1n) is 11.1. The van der Waals surface area contributed by atoms with Gasteiger partial charge in [0.1, 0.15) is 0 Å². The molecule has 1 aromatic heterocycles. The van der Waals surface area contributed by atoms with Gasteiger partial charge in [0.15, 0.2) is 0 Å². The summed E-state index contributed by atoms with van der Waals surface area (Å²) < 4.78 is 8.67. The van der Waals surface area contributed by atoms with Crippen LogP contribution in [0.4, 0.5) is 0 Å². The molecule has 146 valence electrons. The Morgan fingerprint density at radius 3 is 2.52 bits per heavy atom. The van der Waals surface area contributed by atoms with Gasteiger partial charge in [0.2, 0.25) is 0 Å². The van der Waals surface area contributed by atoms with Gasteiger partial charge in [-0.3, -0.25) is 9.58 Å². The Kier molecular flexibility index (Phi) is 4.95. The number of para-hydroxylation sites is 1. The molecular weight excluding hydrogens is 334 g/mol. The van der Waals surface area contributed by atoms with Crippen LogP contribution in [0, 0.1) is 5.92 Å². The number of ether oxygens (including phenoxy) is 1. The van der Waals surface area contributed by atoms with Crippen LogP contribution in [0.1, 0.15) is 58.3 Å². The smallest absolute Gasteiger partial charge is 0.0682 e. The fraction of sp³-hybridized carbons (Fsp3) is 0.696. The number of fused-ring (bicyclic) bond motifs is 3. The molecule has 1 saturated carbocycles. The van der Waals surface area contributed by atoms with E-state index in [9.17, 15) is 0 Å². The van der Waals surface area contributed by atoms with E-state index in [0.717, 1.165) is 18.6 Å². The highest BCUT2D eigenvalue weighted by molar-refractivity contribution is 5.78. The molecule has 5 rings (SSSR count). The van der Waals surface area contributed by atoms with E-state index in [4.69, 9.17) is 4.74 Å². The van der Waals surface area contributed by atoms with Crippen LogP contribution in [0.25, 0.3) is 10.9 Å². The molecule has 4 heteroatoms. The Morgan fingerprint density at radius 2 is 1.74 bits per heavy atom. The summed E-state index contributed by atoms with van der Waals surface area (Å²) in [5.41, 5.74) is 1.26. The Hall–Kier alpha value is -1.39. The zero-order chi connectivity index (χ0) is 18.2. The Morgan fingerprint density at radius 1 is 1.00 bits per heavy atom. The summed E-state index contributed by atoms with van der Waals surface area (Å²) >= 11 is 0. The molecule has 3 atom stereocenters. The molecular formula is C23H33N3O. The van der Waals surface area contributed by atoms with E-state index < -0.39 is 0 Å². The summed E-state index contributed by atoms with van der Waals surface area (Å²) in [6.07, 6.45) is 13.7. The van der Waals surface area contributed by atoms with Crippen LogP contribution < -0.4 is 0 Å². The van der Waals surface area contributed by atoms with Crippen LogP contribution in [0.2, 0.25) is 0 Å². The maximum Gasteiger partial charge on any atom is 0.0682 e. The van der Waals surface area contributed by atoms with Crippen LogP contribution in [0.5, 0.6) is 0 Å². The standard InChI is InChI=1S/C23H33N3O/c1-17(16-26-23-9-5-2-6-18(23)14-24-26)15-25-19-10-11-20(25)13-22(12-19)27-21-7-3-4-8-21/h2,5-6,9,14,17,19-22H,3-4,7-8,10-13,15-16H2,1H3/t17-,19?,20?,22?/m1/s1. The second-order valence-electron chi connectivity index (χ2n) is 9.21. The summed E-state index contributed by atoms with van der Waals surface area (Å²) in [5, 5.41) is 5.87. The lowest BCUT2D eigenvalue weighted by Gasteiger charge is -2.40. The molecule has 0 radical (unpaired) electrons. The van der Waals surface area contributed by atoms with Crippen molar-refractivity contribution in [1.29, 1.82) is 0 Å². The average Bonchev–Trinajstić information content (AvgIpc) is 3.36. The van der Waals surface area contributed by atoms with Crippen LogP contribution in [0.15, 0.2) is 30.5 Å². The van der Waals surface area contributed by atoms with E-state index in [0.29, 0.717) is 18.1 Å². The maximum absolute atomic E-state index is 6.48. The number of nitrogens with zero attached hydrogens (tertiary/aromatic N) is 3. The maximum atomic E-state index is 6.48. The van der Waals surface area contributed by atoms with E-state index in [2.05, 4.69) is 45.9 Å². The van der Waals surface area contributed by atoms with Crippen molar-refractivity contribution in [3.63, 3.8) is 0 Å². The van der Waals surface area contributed by atoms with Gasteiger partial charge in [0.05, 0.1) is 23.9 Å². The Bertz CT molecular complexity index is 752. The summed E-state index contributed by atoms with van der Waals surface area (Å²) in [7, 11) is 0. The van der Waals surface area contributed by atoms with Gasteiger partial charge in [0, 0.05) is 30.6 Å². The third-order valence-corrected chi connectivity index (χ3v) is 7.09. The van der Waals surface area contributed by atoms with E-state index in [1.54, 1.807) is 0 Å². The van der Waals surface area contributed by atoms with Crippen molar-refractivity contribution in [2.24, 2.45) is 5.92 Å². The third-order valence-electron chi connectivity index (χ3n) is 7.09. The molecule has 4 nitrogen and oxygen atoms in total. The fourth-order valence-corrected chi connectivity index (χ4v) is 5.81. The van der Waals surface area contributed by atoms with E-state index in [1.165, 1.54) is 68.8 Å². The van der Waals surface area contributed by atoms with Crippen molar-refractivity contribution in [2.75, 3.05) is 6.54 Å². The number of hydrogen-bond donors (Lipinski definition) is 0. The number of aromatic nitrogens is 2. The van der Waals surface area contributed by atoms with Crippen LogP contribution >= 0.6 is 0 Å². The number of rotatable bonds is 6. The van der Waals surface area contributed by atoms with Gasteiger partial charge in [-0.15, -0.1) is 0 Å². The molecule has 2 bridgehead atoms. The quantitative estimate of drug-likeness (QED) is 0.746. The van der Waals surface area contributed by atoms with Crippen molar-refractivity contribution >= 4 is 10.9 Å². The monoisotopic (exact) mass is 367 g/mol. The highest BCUT2D eigenvalue weighted by Gasteiger charge is 2.42. The van der Waals surface area contributed by atoms with Gasteiger partial charge in [-0.2, -0.15) is 5.10 Å². The highest BCUT2D eigenvalue weighted by atomic mass is 16.5. The van der Waals surface area contributed by atoms with Gasteiger partial charge in [0.25, 0.3) is 0 Å². The molecule has 0 amide bonds. The first-order valence-corrected chi connectivity index (χ1v) is 11.1. The zero-order valence-electron chi connectivity index (χ0n) is 16.6. The topological polar surface area (TPSA) is 30.3 Å². The summed E-state index contributed by atoms with van der Waals surface area (Å²) in [5.74, 6) is 0.615. The van der Waals surface area contributed by atoms with E-state index in [-0.39, 0.29) is 0 Å². The summed E-state index contributed by atoms with van der Waals surface area (Å²) in [6.45, 7) is 4.59. The molecule has 27 heavy (non-hydrogen) atoms. The normalized spacial score (nSPS) is 30.3. The van der Waals surface area contributed by atoms with Crippen molar-refractivity contribution in [2.45, 2.75) is 89.1 Å². The second kappa shape index (κ2) is 7.56. The number of hydrogen-bond acceptors (Lipinski definition) is 3. The summed E-state index contributed by atoms with van der Waals surface area (Å²) in [4.78, 5) is 2.81. The second-order valence-corrected chi connectivity index (χ2v) is 9.21. The minimum Gasteiger partial charge on any atom is -0.375 e. The minimum absolute atomic E-state index is 0.521. The first kappa shape index (κ1) is 17.7. The molecule has 2 aromatic rings. The Balaban J connectivity index is 1.19. The lowest BCUT2D eigenvalue weighted by molar-refractivity contribution is -0.0603. The molecule has 3 heterocycles. The molecule has 2 unspecified atom stereocenters. The molecule has 1 aliphatic carbocycles. The molecule has 3 fully saturated rings. The predicted octanol–water partition coefficient (Wildman–Crippen LogP) is 4.63. The van der Waals surface area contributed by atoms with Gasteiger partial charge < -0.3 is 4.74 Å². The Labute approximate surface area is 162 Å². The van der Waals surface area contributed by atoms with Crippen LogP contribution in [-0.2, 0) is 11.3 Å². The van der Waals surface area contributed by atoms with Crippen LogP contribution in [-0.4, -0.2) is 45.5 Å². The van der Waals surface area contributed by atoms with Crippen molar-refractivity contribution in [1.82, 2.24) is 14.7 Å². The number of benzene rings is 1.